The van der Waals surface area contributed by atoms with Gasteiger partial charge in [0.2, 0.25) is 5.91 Å². The van der Waals surface area contributed by atoms with Crippen LogP contribution in [-0.4, -0.2) is 27.9 Å². The molecule has 1 aliphatic rings. The number of nitrogens with one attached hydrogen (secondary N) is 1. The molecule has 1 aromatic carbocycles. The van der Waals surface area contributed by atoms with Crippen LogP contribution < -0.4 is 5.32 Å². The summed E-state index contributed by atoms with van der Waals surface area (Å²) in [6, 6.07) is 5.94. The average Bonchev–Trinajstić information content (AvgIpc) is 2.87. The molecule has 1 amide bonds. The highest BCUT2D eigenvalue weighted by molar-refractivity contribution is 5.80. The molecule has 1 saturated carbocycles. The zero-order valence-electron chi connectivity index (χ0n) is 11.3. The summed E-state index contributed by atoms with van der Waals surface area (Å²) in [7, 11) is 0. The Labute approximate surface area is 121 Å². The molecule has 2 N–H and O–H groups in total. The van der Waals surface area contributed by atoms with Gasteiger partial charge in [0, 0.05) is 17.7 Å². The van der Waals surface area contributed by atoms with Crippen molar-refractivity contribution in [2.75, 3.05) is 0 Å². The third-order valence-electron chi connectivity index (χ3n) is 3.69. The number of carboxylic acid groups (broad SMARTS) is 1. The van der Waals surface area contributed by atoms with Crippen LogP contribution in [0.2, 0.25) is 0 Å². The lowest BCUT2D eigenvalue weighted by Crippen LogP contribution is -2.34. The molecule has 0 radical (unpaired) electrons. The molecule has 2 rings (SSSR count). The fourth-order valence-electron chi connectivity index (χ4n) is 2.63. The van der Waals surface area contributed by atoms with E-state index in [1.807, 2.05) is 0 Å². The Kier molecular flexibility index (Phi) is 4.52. The SMILES string of the molecule is O=C(Cc1ccccc1[N+](=O)[O-])N[C@H]1CC[C@@H](C(=O)O)C1. The number of aliphatic carboxylic acids is 1. The maximum absolute atomic E-state index is 11.9. The van der Waals surface area contributed by atoms with Crippen molar-refractivity contribution >= 4 is 17.6 Å². The van der Waals surface area contributed by atoms with Gasteiger partial charge < -0.3 is 10.4 Å². The van der Waals surface area contributed by atoms with Crippen LogP contribution in [0.25, 0.3) is 0 Å². The summed E-state index contributed by atoms with van der Waals surface area (Å²) >= 11 is 0. The number of nitro groups is 1. The maximum atomic E-state index is 11.9. The molecule has 112 valence electrons. The van der Waals surface area contributed by atoms with E-state index in [9.17, 15) is 19.7 Å². The third kappa shape index (κ3) is 3.77. The van der Waals surface area contributed by atoms with Crippen molar-refractivity contribution in [3.8, 4) is 0 Å². The van der Waals surface area contributed by atoms with Gasteiger partial charge in [-0.15, -0.1) is 0 Å². The lowest BCUT2D eigenvalue weighted by molar-refractivity contribution is -0.385. The Morgan fingerprint density at radius 3 is 2.67 bits per heavy atom. The molecule has 0 heterocycles. The van der Waals surface area contributed by atoms with E-state index in [4.69, 9.17) is 5.11 Å². The fourth-order valence-corrected chi connectivity index (χ4v) is 2.63. The molecule has 0 bridgehead atoms. The number of nitro benzene ring substituents is 1. The van der Waals surface area contributed by atoms with Crippen molar-refractivity contribution in [3.63, 3.8) is 0 Å². The molecule has 1 aliphatic carbocycles. The topological polar surface area (TPSA) is 110 Å². The molecule has 1 fully saturated rings. The summed E-state index contributed by atoms with van der Waals surface area (Å²) in [5.74, 6) is -1.58. The molecule has 0 saturated heterocycles. The van der Waals surface area contributed by atoms with Gasteiger partial charge >= 0.3 is 5.97 Å². The predicted molar refractivity (Wildman–Crippen MR) is 73.7 cm³/mol. The number of para-hydroxylation sites is 1. The normalized spacial score (nSPS) is 21.0. The number of rotatable bonds is 5. The monoisotopic (exact) mass is 292 g/mol. The van der Waals surface area contributed by atoms with Gasteiger partial charge in [-0.1, -0.05) is 18.2 Å². The van der Waals surface area contributed by atoms with Gasteiger partial charge in [0.1, 0.15) is 0 Å². The first-order valence-corrected chi connectivity index (χ1v) is 6.72. The van der Waals surface area contributed by atoms with Crippen LogP contribution >= 0.6 is 0 Å². The third-order valence-corrected chi connectivity index (χ3v) is 3.69. The van der Waals surface area contributed by atoms with Crippen LogP contribution in [0.15, 0.2) is 24.3 Å². The minimum atomic E-state index is -0.842. The number of nitrogens with zero attached hydrogens (tertiary/aromatic N) is 1. The first-order valence-electron chi connectivity index (χ1n) is 6.72. The van der Waals surface area contributed by atoms with Crippen molar-refractivity contribution in [1.29, 1.82) is 0 Å². The van der Waals surface area contributed by atoms with Crippen molar-refractivity contribution in [2.45, 2.75) is 31.7 Å². The Morgan fingerprint density at radius 1 is 1.33 bits per heavy atom. The van der Waals surface area contributed by atoms with Gasteiger partial charge in [-0.2, -0.15) is 0 Å². The summed E-state index contributed by atoms with van der Waals surface area (Å²) in [4.78, 5) is 33.2. The van der Waals surface area contributed by atoms with E-state index in [0.29, 0.717) is 24.8 Å². The van der Waals surface area contributed by atoms with Gasteiger partial charge in [-0.05, 0) is 19.3 Å². The summed E-state index contributed by atoms with van der Waals surface area (Å²) < 4.78 is 0. The van der Waals surface area contributed by atoms with E-state index < -0.39 is 16.8 Å². The number of hydrogen-bond acceptors (Lipinski definition) is 4. The van der Waals surface area contributed by atoms with E-state index >= 15 is 0 Å². The van der Waals surface area contributed by atoms with Crippen LogP contribution in [-0.2, 0) is 16.0 Å². The van der Waals surface area contributed by atoms with Crippen molar-refractivity contribution in [2.24, 2.45) is 5.92 Å². The molecule has 0 unspecified atom stereocenters. The smallest absolute Gasteiger partial charge is 0.306 e. The van der Waals surface area contributed by atoms with Crippen LogP contribution in [0.1, 0.15) is 24.8 Å². The van der Waals surface area contributed by atoms with E-state index in [0.717, 1.165) is 0 Å². The molecule has 0 aliphatic heterocycles. The largest absolute Gasteiger partial charge is 0.481 e. The lowest BCUT2D eigenvalue weighted by atomic mass is 10.1. The fraction of sp³-hybridized carbons (Fsp3) is 0.429. The van der Waals surface area contributed by atoms with E-state index in [1.54, 1.807) is 18.2 Å². The number of carbonyl (C=O) groups is 2. The summed E-state index contributed by atoms with van der Waals surface area (Å²) in [6.07, 6.45) is 1.51. The predicted octanol–water partition coefficient (Wildman–Crippen LogP) is 1.51. The molecule has 0 aromatic heterocycles. The number of carboxylic acids is 1. The zero-order chi connectivity index (χ0) is 15.4. The summed E-state index contributed by atoms with van der Waals surface area (Å²) in [5, 5.41) is 22.5. The van der Waals surface area contributed by atoms with Gasteiger partial charge in [-0.25, -0.2) is 0 Å². The molecule has 7 heteroatoms. The Hall–Kier alpha value is -2.44. The average molecular weight is 292 g/mol. The standard InChI is InChI=1S/C14H16N2O5/c17-13(15-11-6-5-10(7-11)14(18)19)8-9-3-1-2-4-12(9)16(20)21/h1-4,10-11H,5-8H2,(H,15,17)(H,18,19)/t10-,11+/m1/s1. The Balaban J connectivity index is 1.94. The van der Waals surface area contributed by atoms with E-state index in [-0.39, 0.29) is 24.1 Å². The Morgan fingerprint density at radius 2 is 2.05 bits per heavy atom. The highest BCUT2D eigenvalue weighted by atomic mass is 16.6. The van der Waals surface area contributed by atoms with E-state index in [2.05, 4.69) is 5.32 Å². The quantitative estimate of drug-likeness (QED) is 0.631. The molecule has 21 heavy (non-hydrogen) atoms. The molecule has 7 nitrogen and oxygen atoms in total. The molecule has 2 atom stereocenters. The van der Waals surface area contributed by atoms with Crippen LogP contribution in [0.5, 0.6) is 0 Å². The minimum absolute atomic E-state index is 0.0780. The van der Waals surface area contributed by atoms with Crippen LogP contribution in [0, 0.1) is 16.0 Å². The first-order chi connectivity index (χ1) is 9.97. The maximum Gasteiger partial charge on any atom is 0.306 e. The molecular formula is C14H16N2O5. The van der Waals surface area contributed by atoms with Crippen LogP contribution in [0.4, 0.5) is 5.69 Å². The first kappa shape index (κ1) is 15.0. The van der Waals surface area contributed by atoms with Gasteiger partial charge in [0.05, 0.1) is 17.3 Å². The summed E-state index contributed by atoms with van der Waals surface area (Å²) in [6.45, 7) is 0. The number of hydrogen-bond donors (Lipinski definition) is 2. The number of carbonyl (C=O) groups excluding carboxylic acids is 1. The highest BCUT2D eigenvalue weighted by Crippen LogP contribution is 2.26. The Bertz CT molecular complexity index is 572. The minimum Gasteiger partial charge on any atom is -0.481 e. The van der Waals surface area contributed by atoms with Crippen molar-refractivity contribution < 1.29 is 19.6 Å². The molecule has 1 aromatic rings. The highest BCUT2D eigenvalue weighted by Gasteiger charge is 2.30. The second-order valence-corrected chi connectivity index (χ2v) is 5.18. The lowest BCUT2D eigenvalue weighted by Gasteiger charge is -2.12. The van der Waals surface area contributed by atoms with Crippen molar-refractivity contribution in [3.05, 3.63) is 39.9 Å². The number of amides is 1. The molecule has 0 spiro atoms. The van der Waals surface area contributed by atoms with Gasteiger partial charge in [-0.3, -0.25) is 19.7 Å². The van der Waals surface area contributed by atoms with Gasteiger partial charge in [0.25, 0.3) is 5.69 Å². The van der Waals surface area contributed by atoms with Crippen molar-refractivity contribution in [1.82, 2.24) is 5.32 Å². The van der Waals surface area contributed by atoms with E-state index in [1.165, 1.54) is 6.07 Å². The molecular weight excluding hydrogens is 276 g/mol. The number of benzene rings is 1. The summed E-state index contributed by atoms with van der Waals surface area (Å²) in [5.41, 5.74) is 0.273. The second-order valence-electron chi connectivity index (χ2n) is 5.18. The van der Waals surface area contributed by atoms with Gasteiger partial charge in [0.15, 0.2) is 0 Å². The van der Waals surface area contributed by atoms with Crippen LogP contribution in [0.3, 0.4) is 0 Å². The second kappa shape index (κ2) is 6.34. The zero-order valence-corrected chi connectivity index (χ0v) is 11.3.